The maximum absolute atomic E-state index is 11.7. The Bertz CT molecular complexity index is 592. The van der Waals surface area contributed by atoms with Gasteiger partial charge in [0.05, 0.1) is 5.41 Å². The third kappa shape index (κ3) is 3.21. The first-order valence-electron chi connectivity index (χ1n) is 7.35. The van der Waals surface area contributed by atoms with Crippen molar-refractivity contribution >= 4 is 23.4 Å². The van der Waals surface area contributed by atoms with Gasteiger partial charge in [-0.3, -0.25) is 9.59 Å². The summed E-state index contributed by atoms with van der Waals surface area (Å²) in [5, 5.41) is 3.59. The Morgan fingerprint density at radius 3 is 2.62 bits per heavy atom. The molecule has 0 aromatic heterocycles. The molecule has 1 aromatic rings. The lowest BCUT2D eigenvalue weighted by Crippen LogP contribution is -2.27. The Morgan fingerprint density at radius 1 is 1.33 bits per heavy atom. The number of benzene rings is 1. The summed E-state index contributed by atoms with van der Waals surface area (Å²) in [5.41, 5.74) is 7.00. The predicted octanol–water partition coefficient (Wildman–Crippen LogP) is 2.17. The number of nitrogens with two attached hydrogens (primary N) is 1. The molecule has 3 rings (SSSR count). The summed E-state index contributed by atoms with van der Waals surface area (Å²) in [7, 11) is 0. The maximum Gasteiger partial charge on any atom is 0.223 e. The smallest absolute Gasteiger partial charge is 0.223 e. The second-order valence-corrected chi connectivity index (χ2v) is 6.65. The largest absolute Gasteiger partial charge is 0.369 e. The normalized spacial score (nSPS) is 19.1. The number of halogens is 1. The first-order valence-corrected chi connectivity index (χ1v) is 7.73. The van der Waals surface area contributed by atoms with Gasteiger partial charge in [-0.2, -0.15) is 0 Å². The third-order valence-electron chi connectivity index (χ3n) is 4.43. The average Bonchev–Trinajstić information content (AvgIpc) is 3.33. The first-order chi connectivity index (χ1) is 10.00. The quantitative estimate of drug-likeness (QED) is 0.845. The SMILES string of the molecule is NC(=O)C1(Cc2cc(CNC(=O)C3CC3)ccc2Cl)CC1. The standard InChI is InChI=1S/C16H19ClN2O2/c17-13-4-1-10(9-19-14(20)11-2-3-11)7-12(13)8-16(5-6-16)15(18)21/h1,4,7,11H,2-3,5-6,8-9H2,(H2,18,21)(H,19,20). The topological polar surface area (TPSA) is 72.2 Å². The fourth-order valence-corrected chi connectivity index (χ4v) is 2.76. The van der Waals surface area contributed by atoms with E-state index < -0.39 is 5.41 Å². The molecular weight excluding hydrogens is 288 g/mol. The molecule has 0 bridgehead atoms. The number of nitrogens with one attached hydrogen (secondary N) is 1. The van der Waals surface area contributed by atoms with Gasteiger partial charge in [-0.15, -0.1) is 0 Å². The Morgan fingerprint density at radius 2 is 2.05 bits per heavy atom. The molecule has 112 valence electrons. The van der Waals surface area contributed by atoms with Gasteiger partial charge in [0.25, 0.3) is 0 Å². The van der Waals surface area contributed by atoms with E-state index in [4.69, 9.17) is 17.3 Å². The molecule has 0 saturated heterocycles. The molecule has 0 spiro atoms. The van der Waals surface area contributed by atoms with Crippen LogP contribution in [-0.2, 0) is 22.6 Å². The lowest BCUT2D eigenvalue weighted by Gasteiger charge is -2.14. The van der Waals surface area contributed by atoms with E-state index in [1.807, 2.05) is 18.2 Å². The van der Waals surface area contributed by atoms with Crippen molar-refractivity contribution in [2.24, 2.45) is 17.1 Å². The van der Waals surface area contributed by atoms with Gasteiger partial charge >= 0.3 is 0 Å². The van der Waals surface area contributed by atoms with Crippen LogP contribution >= 0.6 is 11.6 Å². The molecular formula is C16H19ClN2O2. The summed E-state index contributed by atoms with van der Waals surface area (Å²) >= 11 is 6.22. The Labute approximate surface area is 129 Å². The van der Waals surface area contributed by atoms with Gasteiger partial charge in [-0.25, -0.2) is 0 Å². The van der Waals surface area contributed by atoms with Gasteiger partial charge in [0.2, 0.25) is 11.8 Å². The zero-order chi connectivity index (χ0) is 15.0. The molecule has 0 atom stereocenters. The molecule has 2 saturated carbocycles. The van der Waals surface area contributed by atoms with E-state index >= 15 is 0 Å². The van der Waals surface area contributed by atoms with Crippen molar-refractivity contribution in [2.75, 3.05) is 0 Å². The third-order valence-corrected chi connectivity index (χ3v) is 4.80. The van der Waals surface area contributed by atoms with Gasteiger partial charge in [-0.1, -0.05) is 23.7 Å². The number of carbonyl (C=O) groups excluding carboxylic acids is 2. The van der Waals surface area contributed by atoms with E-state index in [1.165, 1.54) is 0 Å². The zero-order valence-corrected chi connectivity index (χ0v) is 12.6. The Kier molecular flexibility index (Phi) is 3.66. The fraction of sp³-hybridized carbons (Fsp3) is 0.500. The molecule has 2 amide bonds. The van der Waals surface area contributed by atoms with Crippen LogP contribution in [0, 0.1) is 11.3 Å². The molecule has 3 N–H and O–H groups in total. The van der Waals surface area contributed by atoms with E-state index in [2.05, 4.69) is 5.32 Å². The van der Waals surface area contributed by atoms with Gasteiger partial charge in [0.1, 0.15) is 0 Å². The molecule has 0 radical (unpaired) electrons. The highest BCUT2D eigenvalue weighted by Crippen LogP contribution is 2.48. The first kappa shape index (κ1) is 14.4. The number of primary amides is 1. The van der Waals surface area contributed by atoms with E-state index in [9.17, 15) is 9.59 Å². The van der Waals surface area contributed by atoms with Crippen LogP contribution in [0.2, 0.25) is 5.02 Å². The van der Waals surface area contributed by atoms with Crippen molar-refractivity contribution < 1.29 is 9.59 Å². The average molecular weight is 307 g/mol. The molecule has 0 unspecified atom stereocenters. The monoisotopic (exact) mass is 306 g/mol. The molecule has 21 heavy (non-hydrogen) atoms. The van der Waals surface area contributed by atoms with Crippen LogP contribution in [0.15, 0.2) is 18.2 Å². The van der Waals surface area contributed by atoms with E-state index in [-0.39, 0.29) is 17.7 Å². The summed E-state index contributed by atoms with van der Waals surface area (Å²) in [6, 6.07) is 5.70. The van der Waals surface area contributed by atoms with Gasteiger partial charge < -0.3 is 11.1 Å². The molecule has 0 heterocycles. The predicted molar refractivity (Wildman–Crippen MR) is 80.6 cm³/mol. The lowest BCUT2D eigenvalue weighted by atomic mass is 9.94. The Hall–Kier alpha value is -1.55. The highest BCUT2D eigenvalue weighted by atomic mass is 35.5. The van der Waals surface area contributed by atoms with Crippen LogP contribution in [0.25, 0.3) is 0 Å². The van der Waals surface area contributed by atoms with Gasteiger partial charge in [-0.05, 0) is 49.3 Å². The van der Waals surface area contributed by atoms with Crippen molar-refractivity contribution in [3.63, 3.8) is 0 Å². The summed E-state index contributed by atoms with van der Waals surface area (Å²) in [6.07, 6.45) is 4.26. The minimum absolute atomic E-state index is 0.127. The van der Waals surface area contributed by atoms with Gasteiger partial charge in [0.15, 0.2) is 0 Å². The number of carbonyl (C=O) groups is 2. The van der Waals surface area contributed by atoms with E-state index in [0.717, 1.165) is 36.8 Å². The van der Waals surface area contributed by atoms with Crippen LogP contribution < -0.4 is 11.1 Å². The van der Waals surface area contributed by atoms with Crippen molar-refractivity contribution in [3.8, 4) is 0 Å². The van der Waals surface area contributed by atoms with Crippen molar-refractivity contribution in [3.05, 3.63) is 34.3 Å². The minimum atomic E-state index is -0.403. The highest BCUT2D eigenvalue weighted by molar-refractivity contribution is 6.31. The van der Waals surface area contributed by atoms with Crippen LogP contribution in [0.5, 0.6) is 0 Å². The van der Waals surface area contributed by atoms with Crippen LogP contribution in [0.1, 0.15) is 36.8 Å². The number of hydrogen-bond acceptors (Lipinski definition) is 2. The lowest BCUT2D eigenvalue weighted by molar-refractivity contribution is -0.123. The molecule has 2 aliphatic rings. The zero-order valence-electron chi connectivity index (χ0n) is 11.8. The number of hydrogen-bond donors (Lipinski definition) is 2. The fourth-order valence-electron chi connectivity index (χ4n) is 2.58. The Balaban J connectivity index is 1.67. The van der Waals surface area contributed by atoms with Crippen LogP contribution in [-0.4, -0.2) is 11.8 Å². The summed E-state index contributed by atoms with van der Waals surface area (Å²) in [5.74, 6) is 0.0923. The summed E-state index contributed by atoms with van der Waals surface area (Å²) in [4.78, 5) is 23.2. The summed E-state index contributed by atoms with van der Waals surface area (Å²) < 4.78 is 0. The second-order valence-electron chi connectivity index (χ2n) is 6.24. The van der Waals surface area contributed by atoms with Crippen molar-refractivity contribution in [1.29, 1.82) is 0 Å². The number of amides is 2. The summed E-state index contributed by atoms with van der Waals surface area (Å²) in [6.45, 7) is 0.503. The van der Waals surface area contributed by atoms with Gasteiger partial charge in [0, 0.05) is 17.5 Å². The maximum atomic E-state index is 11.7. The van der Waals surface area contributed by atoms with E-state index in [0.29, 0.717) is 18.0 Å². The molecule has 0 aliphatic heterocycles. The van der Waals surface area contributed by atoms with Crippen LogP contribution in [0.4, 0.5) is 0 Å². The van der Waals surface area contributed by atoms with Crippen molar-refractivity contribution in [1.82, 2.24) is 5.32 Å². The molecule has 4 nitrogen and oxygen atoms in total. The molecule has 2 fully saturated rings. The molecule has 2 aliphatic carbocycles. The number of rotatable bonds is 6. The molecule has 5 heteroatoms. The van der Waals surface area contributed by atoms with E-state index in [1.54, 1.807) is 0 Å². The second kappa shape index (κ2) is 5.34. The minimum Gasteiger partial charge on any atom is -0.369 e. The van der Waals surface area contributed by atoms with Crippen molar-refractivity contribution in [2.45, 2.75) is 38.6 Å². The van der Waals surface area contributed by atoms with Crippen LogP contribution in [0.3, 0.4) is 0 Å². The highest BCUT2D eigenvalue weighted by Gasteiger charge is 2.48. The molecule has 1 aromatic carbocycles.